The first-order valence-electron chi connectivity index (χ1n) is 10.0. The lowest BCUT2D eigenvalue weighted by atomic mass is 10.1. The van der Waals surface area contributed by atoms with Crippen LogP contribution in [-0.2, 0) is 22.5 Å². The molecule has 0 unspecified atom stereocenters. The van der Waals surface area contributed by atoms with Crippen LogP contribution in [0.1, 0.15) is 46.8 Å². The number of hydrogen-bond donors (Lipinski definition) is 1. The number of esters is 1. The largest absolute Gasteiger partial charge is 0.449 e. The van der Waals surface area contributed by atoms with E-state index < -0.39 is 18.0 Å². The van der Waals surface area contributed by atoms with Gasteiger partial charge in [-0.25, -0.2) is 9.78 Å². The second-order valence-corrected chi connectivity index (χ2v) is 7.46. The fourth-order valence-corrected chi connectivity index (χ4v) is 3.63. The second kappa shape index (κ2) is 8.14. The molecule has 1 aromatic heterocycles. The van der Waals surface area contributed by atoms with Gasteiger partial charge in [0.25, 0.3) is 11.5 Å². The lowest BCUT2D eigenvalue weighted by Crippen LogP contribution is -2.30. The standard InChI is InChI=1S/C23H21N3O5/c1-13(27)16-6-3-4-7-18(16)25-21(28)14(2)31-23(30)15-9-10-17-19(12-15)24-20-8-5-11-26(20)22(17)29/h3-4,6-7,9-10,12,14H,5,8,11H2,1-2H3,(H,25,28)/t14-/m1/s1. The van der Waals surface area contributed by atoms with Crippen molar-refractivity contribution < 1.29 is 19.1 Å². The third-order valence-electron chi connectivity index (χ3n) is 5.27. The van der Waals surface area contributed by atoms with E-state index in [2.05, 4.69) is 10.3 Å². The van der Waals surface area contributed by atoms with Crippen LogP contribution in [0.15, 0.2) is 47.3 Å². The number of ether oxygens (including phenoxy) is 1. The van der Waals surface area contributed by atoms with Crippen LogP contribution < -0.4 is 10.9 Å². The molecule has 158 valence electrons. The van der Waals surface area contributed by atoms with E-state index in [0.29, 0.717) is 34.5 Å². The van der Waals surface area contributed by atoms with Gasteiger partial charge in [-0.3, -0.25) is 19.0 Å². The van der Waals surface area contributed by atoms with Gasteiger partial charge in [-0.1, -0.05) is 12.1 Å². The maximum Gasteiger partial charge on any atom is 0.338 e. The number of anilines is 1. The van der Waals surface area contributed by atoms with Crippen molar-refractivity contribution >= 4 is 34.3 Å². The minimum Gasteiger partial charge on any atom is -0.449 e. The SMILES string of the molecule is CC(=O)c1ccccc1NC(=O)[C@@H](C)OC(=O)c1ccc2c(=O)n3c(nc2c1)CCC3. The predicted octanol–water partition coefficient (Wildman–Crippen LogP) is 2.73. The second-order valence-electron chi connectivity index (χ2n) is 7.46. The number of para-hydroxylation sites is 1. The Morgan fingerprint density at radius 2 is 1.94 bits per heavy atom. The molecule has 1 aliphatic rings. The molecular weight excluding hydrogens is 398 g/mol. The van der Waals surface area contributed by atoms with Gasteiger partial charge in [-0.05, 0) is 50.6 Å². The van der Waals surface area contributed by atoms with E-state index in [9.17, 15) is 19.2 Å². The molecule has 1 N–H and O–H groups in total. The molecule has 8 nitrogen and oxygen atoms in total. The van der Waals surface area contributed by atoms with E-state index in [-0.39, 0.29) is 16.9 Å². The molecule has 1 atom stereocenters. The summed E-state index contributed by atoms with van der Waals surface area (Å²) < 4.78 is 6.95. The monoisotopic (exact) mass is 419 g/mol. The average molecular weight is 419 g/mol. The molecule has 1 amide bonds. The molecule has 0 spiro atoms. The summed E-state index contributed by atoms with van der Waals surface area (Å²) in [7, 11) is 0. The van der Waals surface area contributed by atoms with Crippen LogP contribution in [-0.4, -0.2) is 33.3 Å². The number of carbonyl (C=O) groups excluding carboxylic acids is 3. The number of hydrogen-bond acceptors (Lipinski definition) is 6. The fourth-order valence-electron chi connectivity index (χ4n) is 3.63. The summed E-state index contributed by atoms with van der Waals surface area (Å²) in [4.78, 5) is 53.8. The number of carbonyl (C=O) groups is 3. The van der Waals surface area contributed by atoms with E-state index in [1.807, 2.05) is 0 Å². The van der Waals surface area contributed by atoms with Gasteiger partial charge in [0.15, 0.2) is 11.9 Å². The first kappa shape index (κ1) is 20.5. The highest BCUT2D eigenvalue weighted by molar-refractivity contribution is 6.05. The summed E-state index contributed by atoms with van der Waals surface area (Å²) in [6.07, 6.45) is 0.493. The van der Waals surface area contributed by atoms with Crippen molar-refractivity contribution in [2.75, 3.05) is 5.32 Å². The quantitative estimate of drug-likeness (QED) is 0.503. The van der Waals surface area contributed by atoms with Crippen LogP contribution in [0.2, 0.25) is 0 Å². The molecule has 0 saturated carbocycles. The Kier molecular flexibility index (Phi) is 5.37. The zero-order valence-electron chi connectivity index (χ0n) is 17.2. The number of fused-ring (bicyclic) bond motifs is 2. The van der Waals surface area contributed by atoms with Crippen LogP contribution in [0.3, 0.4) is 0 Å². The van der Waals surface area contributed by atoms with Gasteiger partial charge in [-0.2, -0.15) is 0 Å². The highest BCUT2D eigenvalue weighted by Crippen LogP contribution is 2.18. The molecule has 0 aliphatic carbocycles. The molecule has 0 radical (unpaired) electrons. The normalized spacial score (nSPS) is 13.5. The van der Waals surface area contributed by atoms with Gasteiger partial charge in [0, 0.05) is 18.5 Å². The summed E-state index contributed by atoms with van der Waals surface area (Å²) in [5.41, 5.74) is 1.24. The summed E-state index contributed by atoms with van der Waals surface area (Å²) in [6, 6.07) is 11.2. The maximum absolute atomic E-state index is 12.6. The lowest BCUT2D eigenvalue weighted by Gasteiger charge is -2.15. The third kappa shape index (κ3) is 3.96. The third-order valence-corrected chi connectivity index (χ3v) is 5.27. The summed E-state index contributed by atoms with van der Waals surface area (Å²) in [6.45, 7) is 3.51. The molecule has 8 heteroatoms. The molecule has 2 heterocycles. The minimum atomic E-state index is -1.10. The Labute approximate surface area is 177 Å². The zero-order valence-corrected chi connectivity index (χ0v) is 17.2. The topological polar surface area (TPSA) is 107 Å². The highest BCUT2D eigenvalue weighted by atomic mass is 16.5. The molecule has 0 saturated heterocycles. The first-order valence-corrected chi connectivity index (χ1v) is 10.0. The van der Waals surface area contributed by atoms with Gasteiger partial charge in [0.1, 0.15) is 5.82 Å². The number of aromatic nitrogens is 2. The van der Waals surface area contributed by atoms with Crippen LogP contribution in [0.25, 0.3) is 10.9 Å². The van der Waals surface area contributed by atoms with E-state index in [1.165, 1.54) is 26.0 Å². The first-order chi connectivity index (χ1) is 14.8. The lowest BCUT2D eigenvalue weighted by molar-refractivity contribution is -0.123. The van der Waals surface area contributed by atoms with Crippen molar-refractivity contribution in [1.29, 1.82) is 0 Å². The Balaban J connectivity index is 1.51. The van der Waals surface area contributed by atoms with E-state index in [0.717, 1.165) is 12.8 Å². The van der Waals surface area contributed by atoms with Gasteiger partial charge in [0.2, 0.25) is 0 Å². The van der Waals surface area contributed by atoms with E-state index in [1.54, 1.807) is 34.9 Å². The van der Waals surface area contributed by atoms with Gasteiger partial charge in [0.05, 0.1) is 22.2 Å². The summed E-state index contributed by atoms with van der Waals surface area (Å²) >= 11 is 0. The van der Waals surface area contributed by atoms with Crippen molar-refractivity contribution in [3.05, 3.63) is 69.8 Å². The summed E-state index contributed by atoms with van der Waals surface area (Å²) in [5, 5.41) is 3.06. The number of ketones is 1. The number of benzene rings is 2. The predicted molar refractivity (Wildman–Crippen MR) is 114 cm³/mol. The van der Waals surface area contributed by atoms with Crippen molar-refractivity contribution in [1.82, 2.24) is 9.55 Å². The Bertz CT molecular complexity index is 1280. The van der Waals surface area contributed by atoms with Crippen LogP contribution in [0.5, 0.6) is 0 Å². The molecule has 4 rings (SSSR count). The van der Waals surface area contributed by atoms with Crippen molar-refractivity contribution in [3.8, 4) is 0 Å². The molecule has 0 bridgehead atoms. The van der Waals surface area contributed by atoms with Crippen LogP contribution >= 0.6 is 0 Å². The number of Topliss-reactive ketones (excluding diaryl/α,β-unsaturated/α-hetero) is 1. The average Bonchev–Trinajstić information content (AvgIpc) is 3.22. The smallest absolute Gasteiger partial charge is 0.338 e. The molecule has 1 aliphatic heterocycles. The molecule has 3 aromatic rings. The van der Waals surface area contributed by atoms with Crippen LogP contribution in [0, 0.1) is 0 Å². The number of rotatable bonds is 5. The Hall–Kier alpha value is -3.81. The maximum atomic E-state index is 12.6. The highest BCUT2D eigenvalue weighted by Gasteiger charge is 2.22. The Morgan fingerprint density at radius 3 is 2.71 bits per heavy atom. The fraction of sp³-hybridized carbons (Fsp3) is 0.261. The molecule has 0 fully saturated rings. The van der Waals surface area contributed by atoms with Gasteiger partial charge in [-0.15, -0.1) is 0 Å². The number of amides is 1. The Morgan fingerprint density at radius 1 is 1.16 bits per heavy atom. The van der Waals surface area contributed by atoms with E-state index >= 15 is 0 Å². The van der Waals surface area contributed by atoms with Gasteiger partial charge < -0.3 is 10.1 Å². The number of aryl methyl sites for hydroxylation is 1. The molecule has 31 heavy (non-hydrogen) atoms. The van der Waals surface area contributed by atoms with E-state index in [4.69, 9.17) is 4.74 Å². The van der Waals surface area contributed by atoms with Gasteiger partial charge >= 0.3 is 5.97 Å². The summed E-state index contributed by atoms with van der Waals surface area (Å²) in [5.74, 6) is -0.740. The molecule has 2 aromatic carbocycles. The number of nitrogens with one attached hydrogen (secondary N) is 1. The van der Waals surface area contributed by atoms with Crippen molar-refractivity contribution in [3.63, 3.8) is 0 Å². The van der Waals surface area contributed by atoms with Crippen molar-refractivity contribution in [2.45, 2.75) is 39.3 Å². The van der Waals surface area contributed by atoms with Crippen LogP contribution in [0.4, 0.5) is 5.69 Å². The zero-order chi connectivity index (χ0) is 22.1. The molecular formula is C23H21N3O5. The minimum absolute atomic E-state index is 0.116. The van der Waals surface area contributed by atoms with Crippen molar-refractivity contribution in [2.24, 2.45) is 0 Å². The number of nitrogens with zero attached hydrogens (tertiary/aromatic N) is 2.